The Morgan fingerprint density at radius 3 is 3.00 bits per heavy atom. The highest BCUT2D eigenvalue weighted by molar-refractivity contribution is 6.08. The number of ether oxygens (including phenoxy) is 2. The number of pyridine rings is 1. The fraction of sp³-hybridized carbons (Fsp3) is 0.542. The van der Waals surface area contributed by atoms with Gasteiger partial charge in [0.1, 0.15) is 0 Å². The number of aromatic nitrogens is 3. The van der Waals surface area contributed by atoms with Crippen molar-refractivity contribution in [3.05, 3.63) is 41.2 Å². The number of nitrogens with zero attached hydrogens (tertiary/aromatic N) is 4. The van der Waals surface area contributed by atoms with Gasteiger partial charge in [0.05, 0.1) is 49.7 Å². The van der Waals surface area contributed by atoms with Crippen molar-refractivity contribution >= 4 is 11.8 Å². The van der Waals surface area contributed by atoms with Crippen molar-refractivity contribution in [2.45, 2.75) is 32.3 Å². The topological polar surface area (TPSA) is 109 Å². The number of halogens is 1. The Balaban J connectivity index is 1.56. The zero-order valence-electron chi connectivity index (χ0n) is 19.8. The molecule has 0 bridgehead atoms. The Kier molecular flexibility index (Phi) is 7.91. The standard InChI is InChI=1S/C24H33FN6O3/c1-16(32)14-30-6-3-17(15-30)11-27-12-18(10-26)23-20-4-7-34-8-5-22(20)31(29-23)19-9-21(25)24(33-2)28-13-19/h9-10,12-13,16-17,26-27,32H,3-8,11,14-15H2,1-2H3/b18-12+,26-10?/t16-,17-/m0/s1. The van der Waals surface area contributed by atoms with E-state index in [-0.39, 0.29) is 12.0 Å². The lowest BCUT2D eigenvalue weighted by atomic mass is 10.0. The van der Waals surface area contributed by atoms with E-state index in [1.165, 1.54) is 25.6 Å². The third-order valence-corrected chi connectivity index (χ3v) is 6.29. The second-order valence-electron chi connectivity index (χ2n) is 8.90. The molecule has 4 rings (SSSR count). The summed E-state index contributed by atoms with van der Waals surface area (Å²) in [4.78, 5) is 6.34. The van der Waals surface area contributed by atoms with Gasteiger partial charge in [0, 0.05) is 55.7 Å². The first-order valence-corrected chi connectivity index (χ1v) is 11.7. The van der Waals surface area contributed by atoms with E-state index in [4.69, 9.17) is 20.0 Å². The molecule has 34 heavy (non-hydrogen) atoms. The second-order valence-corrected chi connectivity index (χ2v) is 8.90. The number of nitrogens with one attached hydrogen (secondary N) is 2. The van der Waals surface area contributed by atoms with Crippen LogP contribution in [0.2, 0.25) is 0 Å². The lowest BCUT2D eigenvalue weighted by Crippen LogP contribution is -2.30. The van der Waals surface area contributed by atoms with Crippen molar-refractivity contribution in [3.8, 4) is 11.6 Å². The van der Waals surface area contributed by atoms with Crippen LogP contribution in [0, 0.1) is 17.1 Å². The molecule has 0 saturated carbocycles. The summed E-state index contributed by atoms with van der Waals surface area (Å²) < 4.78 is 26.7. The summed E-state index contributed by atoms with van der Waals surface area (Å²) in [7, 11) is 1.38. The summed E-state index contributed by atoms with van der Waals surface area (Å²) in [5, 5.41) is 25.8. The van der Waals surface area contributed by atoms with E-state index >= 15 is 0 Å². The third-order valence-electron chi connectivity index (χ3n) is 6.29. The summed E-state index contributed by atoms with van der Waals surface area (Å²) in [6.45, 7) is 6.36. The number of aliphatic hydroxyl groups is 1. The molecule has 2 aliphatic heterocycles. The summed E-state index contributed by atoms with van der Waals surface area (Å²) in [6, 6.07) is 1.36. The molecule has 0 amide bonds. The molecule has 9 nitrogen and oxygen atoms in total. The molecular formula is C24H33FN6O3. The first-order valence-electron chi connectivity index (χ1n) is 11.7. The lowest BCUT2D eigenvalue weighted by molar-refractivity contribution is 0.139. The molecule has 0 unspecified atom stereocenters. The van der Waals surface area contributed by atoms with E-state index in [2.05, 4.69) is 15.2 Å². The van der Waals surface area contributed by atoms with Crippen molar-refractivity contribution in [3.63, 3.8) is 0 Å². The molecule has 2 aromatic rings. The van der Waals surface area contributed by atoms with E-state index in [1.807, 2.05) is 13.1 Å². The smallest absolute Gasteiger partial charge is 0.250 e. The third kappa shape index (κ3) is 5.45. The number of rotatable bonds is 9. The van der Waals surface area contributed by atoms with Crippen LogP contribution in [0.3, 0.4) is 0 Å². The Hall–Kier alpha value is -2.82. The summed E-state index contributed by atoms with van der Waals surface area (Å²) in [5.41, 5.74) is 3.81. The maximum Gasteiger partial charge on any atom is 0.250 e. The van der Waals surface area contributed by atoms with E-state index in [1.54, 1.807) is 4.68 Å². The highest BCUT2D eigenvalue weighted by Gasteiger charge is 2.25. The van der Waals surface area contributed by atoms with Gasteiger partial charge in [-0.15, -0.1) is 0 Å². The van der Waals surface area contributed by atoms with Gasteiger partial charge >= 0.3 is 0 Å². The minimum Gasteiger partial charge on any atom is -0.479 e. The molecule has 0 spiro atoms. The van der Waals surface area contributed by atoms with Gasteiger partial charge in [0.15, 0.2) is 5.82 Å². The molecule has 1 fully saturated rings. The van der Waals surface area contributed by atoms with Crippen LogP contribution in [0.5, 0.6) is 5.88 Å². The molecule has 2 aromatic heterocycles. The molecule has 0 aromatic carbocycles. The predicted molar refractivity (Wildman–Crippen MR) is 127 cm³/mol. The predicted octanol–water partition coefficient (Wildman–Crippen LogP) is 1.81. The Morgan fingerprint density at radius 2 is 2.26 bits per heavy atom. The van der Waals surface area contributed by atoms with Crippen molar-refractivity contribution in [1.82, 2.24) is 25.0 Å². The summed E-state index contributed by atoms with van der Waals surface area (Å²) in [5.74, 6) is -0.131. The van der Waals surface area contributed by atoms with Gasteiger partial charge in [-0.05, 0) is 32.2 Å². The molecule has 1 saturated heterocycles. The molecule has 2 aliphatic rings. The van der Waals surface area contributed by atoms with Crippen molar-refractivity contribution in [2.75, 3.05) is 46.5 Å². The van der Waals surface area contributed by atoms with Gasteiger partial charge in [-0.25, -0.2) is 14.1 Å². The van der Waals surface area contributed by atoms with Crippen LogP contribution < -0.4 is 10.1 Å². The van der Waals surface area contributed by atoms with E-state index in [9.17, 15) is 9.50 Å². The Morgan fingerprint density at radius 1 is 1.44 bits per heavy atom. The van der Waals surface area contributed by atoms with Gasteiger partial charge < -0.3 is 30.2 Å². The molecule has 0 radical (unpaired) electrons. The van der Waals surface area contributed by atoms with Crippen LogP contribution >= 0.6 is 0 Å². The van der Waals surface area contributed by atoms with Crippen LogP contribution in [-0.4, -0.2) is 83.6 Å². The van der Waals surface area contributed by atoms with Crippen LogP contribution in [0.1, 0.15) is 30.3 Å². The number of hydrogen-bond donors (Lipinski definition) is 3. The number of aliphatic hydroxyl groups excluding tert-OH is 1. The number of fused-ring (bicyclic) bond motifs is 1. The molecule has 2 atom stereocenters. The van der Waals surface area contributed by atoms with Crippen LogP contribution in [0.15, 0.2) is 18.5 Å². The van der Waals surface area contributed by atoms with Crippen LogP contribution in [-0.2, 0) is 17.6 Å². The maximum absolute atomic E-state index is 14.4. The molecular weight excluding hydrogens is 439 g/mol. The van der Waals surface area contributed by atoms with Gasteiger partial charge in [0.25, 0.3) is 0 Å². The minimum atomic E-state index is -0.554. The zero-order chi connectivity index (χ0) is 24.1. The van der Waals surface area contributed by atoms with Crippen molar-refractivity contribution in [2.24, 2.45) is 5.92 Å². The number of methoxy groups -OCH3 is 1. The monoisotopic (exact) mass is 472 g/mol. The normalized spacial score (nSPS) is 20.0. The van der Waals surface area contributed by atoms with E-state index in [0.717, 1.165) is 37.3 Å². The fourth-order valence-corrected chi connectivity index (χ4v) is 4.71. The van der Waals surface area contributed by atoms with Gasteiger partial charge in [0.2, 0.25) is 5.88 Å². The number of β-amino-alcohol motifs (C(OH)–C–C–N with tert-alkyl or cyclic N) is 1. The Bertz CT molecular complexity index is 1040. The quantitative estimate of drug-likeness (QED) is 0.478. The number of hydrogen-bond acceptors (Lipinski definition) is 8. The van der Waals surface area contributed by atoms with Gasteiger partial charge in [-0.3, -0.25) is 0 Å². The average molecular weight is 473 g/mol. The van der Waals surface area contributed by atoms with Crippen LogP contribution in [0.25, 0.3) is 11.3 Å². The summed E-state index contributed by atoms with van der Waals surface area (Å²) >= 11 is 0. The van der Waals surface area contributed by atoms with Crippen molar-refractivity contribution in [1.29, 1.82) is 5.41 Å². The largest absolute Gasteiger partial charge is 0.479 e. The average Bonchev–Trinajstić information content (AvgIpc) is 3.32. The molecule has 10 heteroatoms. The minimum absolute atomic E-state index is 0.0613. The molecule has 0 aliphatic carbocycles. The highest BCUT2D eigenvalue weighted by Crippen LogP contribution is 2.27. The number of likely N-dealkylation sites (tertiary alicyclic amines) is 1. The second kappa shape index (κ2) is 11.1. The Labute approximate surface area is 199 Å². The van der Waals surface area contributed by atoms with Crippen molar-refractivity contribution < 1.29 is 19.0 Å². The number of allylic oxidation sites excluding steroid dienone is 1. The molecule has 184 valence electrons. The SMILES string of the molecule is COc1ncc(-n2nc(/C(C=N)=C/NC[C@@H]3CCN(C[C@H](C)O)C3)c3c2CCOCC3)cc1F. The van der Waals surface area contributed by atoms with E-state index in [0.29, 0.717) is 55.5 Å². The lowest BCUT2D eigenvalue weighted by Gasteiger charge is -2.17. The van der Waals surface area contributed by atoms with Gasteiger partial charge in [-0.1, -0.05) is 0 Å². The fourth-order valence-electron chi connectivity index (χ4n) is 4.71. The highest BCUT2D eigenvalue weighted by atomic mass is 19.1. The first-order chi connectivity index (χ1) is 16.5. The summed E-state index contributed by atoms with van der Waals surface area (Å²) in [6.07, 6.45) is 6.73. The first kappa shape index (κ1) is 24.3. The van der Waals surface area contributed by atoms with Gasteiger partial charge in [-0.2, -0.15) is 5.10 Å². The zero-order valence-corrected chi connectivity index (χ0v) is 19.8. The molecule has 4 heterocycles. The maximum atomic E-state index is 14.4. The van der Waals surface area contributed by atoms with Crippen LogP contribution in [0.4, 0.5) is 4.39 Å². The molecule has 3 N–H and O–H groups in total. The van der Waals surface area contributed by atoms with E-state index < -0.39 is 5.82 Å².